The van der Waals surface area contributed by atoms with E-state index in [0.717, 1.165) is 5.56 Å². The lowest BCUT2D eigenvalue weighted by Crippen LogP contribution is -2.51. The van der Waals surface area contributed by atoms with Crippen LogP contribution in [0.5, 0.6) is 0 Å². The third kappa shape index (κ3) is 1.73. The largest absolute Gasteiger partial charge is 0.399 e. The van der Waals surface area contributed by atoms with E-state index >= 15 is 0 Å². The molecule has 1 aromatic rings. The molecule has 0 saturated heterocycles. The third-order valence-electron chi connectivity index (χ3n) is 3.28. The minimum absolute atomic E-state index is 0.0632. The molecule has 18 heavy (non-hydrogen) atoms. The predicted molar refractivity (Wildman–Crippen MR) is 68.2 cm³/mol. The van der Waals surface area contributed by atoms with Gasteiger partial charge in [-0.2, -0.15) is 0 Å². The van der Waals surface area contributed by atoms with E-state index in [-0.39, 0.29) is 11.6 Å². The smallest absolute Gasteiger partial charge is 0.273 e. The van der Waals surface area contributed by atoms with E-state index in [4.69, 9.17) is 11.5 Å². The number of hydrogen-bond acceptors (Lipinski definition) is 4. The molecule has 5 heteroatoms. The van der Waals surface area contributed by atoms with Crippen molar-refractivity contribution < 1.29 is 9.59 Å². The standard InChI is InChI=1S/C13H15N3O2/c1-2-13(8-3-5-9(14)6-4-8)7-10(15)11(17)16-12(13)18/h3-7H,2,14-15H2,1H3,(H,16,17,18)/t13-/m1/s1. The van der Waals surface area contributed by atoms with E-state index in [1.165, 1.54) is 6.08 Å². The zero-order valence-electron chi connectivity index (χ0n) is 10.1. The van der Waals surface area contributed by atoms with Crippen LogP contribution in [-0.2, 0) is 15.0 Å². The fourth-order valence-electron chi connectivity index (χ4n) is 2.15. The average molecular weight is 245 g/mol. The van der Waals surface area contributed by atoms with Crippen molar-refractivity contribution in [2.75, 3.05) is 5.73 Å². The van der Waals surface area contributed by atoms with Crippen LogP contribution in [0.3, 0.4) is 0 Å². The highest BCUT2D eigenvalue weighted by molar-refractivity contribution is 6.11. The molecule has 94 valence electrons. The summed E-state index contributed by atoms with van der Waals surface area (Å²) in [6.07, 6.45) is 2.04. The quantitative estimate of drug-likeness (QED) is 0.519. The van der Waals surface area contributed by atoms with Gasteiger partial charge in [-0.05, 0) is 30.2 Å². The molecular formula is C13H15N3O2. The maximum absolute atomic E-state index is 12.1. The minimum atomic E-state index is -0.897. The first-order chi connectivity index (χ1) is 8.49. The Morgan fingerprint density at radius 1 is 1.17 bits per heavy atom. The number of anilines is 1. The maximum Gasteiger partial charge on any atom is 0.273 e. The lowest BCUT2D eigenvalue weighted by atomic mass is 9.75. The van der Waals surface area contributed by atoms with Gasteiger partial charge in [-0.25, -0.2) is 0 Å². The van der Waals surface area contributed by atoms with Gasteiger partial charge in [-0.3, -0.25) is 14.9 Å². The Hall–Kier alpha value is -2.30. The van der Waals surface area contributed by atoms with Gasteiger partial charge >= 0.3 is 0 Å². The van der Waals surface area contributed by atoms with Crippen LogP contribution in [0.15, 0.2) is 36.0 Å². The molecule has 5 nitrogen and oxygen atoms in total. The fraction of sp³-hybridized carbons (Fsp3) is 0.231. The Bertz CT molecular complexity index is 534. The van der Waals surface area contributed by atoms with Crippen LogP contribution in [0.2, 0.25) is 0 Å². The molecule has 0 aliphatic carbocycles. The maximum atomic E-state index is 12.1. The molecule has 0 aromatic heterocycles. The molecule has 2 amide bonds. The van der Waals surface area contributed by atoms with Crippen LogP contribution >= 0.6 is 0 Å². The van der Waals surface area contributed by atoms with Crippen molar-refractivity contribution >= 4 is 17.5 Å². The van der Waals surface area contributed by atoms with Crippen molar-refractivity contribution in [1.29, 1.82) is 0 Å². The Morgan fingerprint density at radius 2 is 1.78 bits per heavy atom. The Kier molecular flexibility index (Phi) is 2.82. The molecular weight excluding hydrogens is 230 g/mol. The summed E-state index contributed by atoms with van der Waals surface area (Å²) in [5, 5.41) is 2.28. The molecule has 1 aromatic carbocycles. The zero-order valence-corrected chi connectivity index (χ0v) is 10.1. The molecule has 1 atom stereocenters. The highest BCUT2D eigenvalue weighted by Gasteiger charge is 2.41. The molecule has 1 aliphatic rings. The van der Waals surface area contributed by atoms with Crippen LogP contribution in [0.1, 0.15) is 18.9 Å². The van der Waals surface area contributed by atoms with E-state index < -0.39 is 11.3 Å². The predicted octanol–water partition coefficient (Wildman–Crippen LogP) is 0.416. The van der Waals surface area contributed by atoms with E-state index in [0.29, 0.717) is 12.1 Å². The van der Waals surface area contributed by atoms with E-state index in [9.17, 15) is 9.59 Å². The van der Waals surface area contributed by atoms with E-state index in [1.54, 1.807) is 24.3 Å². The van der Waals surface area contributed by atoms with Crippen molar-refractivity contribution in [2.45, 2.75) is 18.8 Å². The van der Waals surface area contributed by atoms with E-state index in [2.05, 4.69) is 5.32 Å². The fourth-order valence-corrected chi connectivity index (χ4v) is 2.15. The number of nitrogens with two attached hydrogens (primary N) is 2. The number of amides is 2. The first-order valence-electron chi connectivity index (χ1n) is 5.69. The summed E-state index contributed by atoms with van der Waals surface area (Å²) in [4.78, 5) is 23.5. The molecule has 0 fully saturated rings. The molecule has 0 spiro atoms. The lowest BCUT2D eigenvalue weighted by molar-refractivity contribution is -0.132. The van der Waals surface area contributed by atoms with Crippen LogP contribution in [0, 0.1) is 0 Å². The van der Waals surface area contributed by atoms with Crippen molar-refractivity contribution in [3.8, 4) is 0 Å². The highest BCUT2D eigenvalue weighted by atomic mass is 16.2. The van der Waals surface area contributed by atoms with Crippen molar-refractivity contribution in [3.63, 3.8) is 0 Å². The number of imide groups is 1. The summed E-state index contributed by atoms with van der Waals surface area (Å²) >= 11 is 0. The van der Waals surface area contributed by atoms with E-state index in [1.807, 2.05) is 6.92 Å². The summed E-state index contributed by atoms with van der Waals surface area (Å²) < 4.78 is 0. The SMILES string of the molecule is CC[C@]1(c2ccc(N)cc2)C=C(N)C(=O)NC1=O. The average Bonchev–Trinajstić information content (AvgIpc) is 2.35. The van der Waals surface area contributed by atoms with Crippen molar-refractivity contribution in [3.05, 3.63) is 41.6 Å². The van der Waals surface area contributed by atoms with Gasteiger partial charge in [-0.1, -0.05) is 19.1 Å². The van der Waals surface area contributed by atoms with Crippen LogP contribution < -0.4 is 16.8 Å². The topological polar surface area (TPSA) is 98.2 Å². The molecule has 0 unspecified atom stereocenters. The first-order valence-corrected chi connectivity index (χ1v) is 5.69. The molecule has 1 aliphatic heterocycles. The lowest BCUT2D eigenvalue weighted by Gasteiger charge is -2.32. The second-order valence-corrected chi connectivity index (χ2v) is 4.33. The molecule has 2 rings (SSSR count). The summed E-state index contributed by atoms with van der Waals surface area (Å²) in [5.74, 6) is -0.895. The Labute approximate surface area is 105 Å². The van der Waals surface area contributed by atoms with Gasteiger partial charge in [0.2, 0.25) is 5.91 Å². The van der Waals surface area contributed by atoms with Gasteiger partial charge in [0, 0.05) is 5.69 Å². The van der Waals surface area contributed by atoms with Gasteiger partial charge in [0.05, 0.1) is 11.1 Å². The van der Waals surface area contributed by atoms with Crippen LogP contribution in [0.25, 0.3) is 0 Å². The van der Waals surface area contributed by atoms with Gasteiger partial charge in [-0.15, -0.1) is 0 Å². The number of carbonyl (C=O) groups excluding carboxylic acids is 2. The normalized spacial score (nSPS) is 23.5. The number of nitrogens with one attached hydrogen (secondary N) is 1. The van der Waals surface area contributed by atoms with Crippen molar-refractivity contribution in [2.24, 2.45) is 5.73 Å². The summed E-state index contributed by atoms with van der Waals surface area (Å²) in [7, 11) is 0. The first kappa shape index (κ1) is 12.2. The summed E-state index contributed by atoms with van der Waals surface area (Å²) in [5.41, 5.74) is 11.8. The molecule has 0 saturated carbocycles. The van der Waals surface area contributed by atoms with Crippen LogP contribution in [0.4, 0.5) is 5.69 Å². The van der Waals surface area contributed by atoms with Crippen molar-refractivity contribution in [1.82, 2.24) is 5.32 Å². The Morgan fingerprint density at radius 3 is 2.33 bits per heavy atom. The summed E-state index contributed by atoms with van der Waals surface area (Å²) in [6, 6.07) is 7.00. The third-order valence-corrected chi connectivity index (χ3v) is 3.28. The number of hydrogen-bond donors (Lipinski definition) is 3. The Balaban J connectivity index is 2.57. The second kappa shape index (κ2) is 4.18. The number of rotatable bonds is 2. The van der Waals surface area contributed by atoms with Crippen LogP contribution in [-0.4, -0.2) is 11.8 Å². The molecule has 0 radical (unpaired) electrons. The molecule has 1 heterocycles. The molecule has 0 bridgehead atoms. The molecule has 5 N–H and O–H groups in total. The highest BCUT2D eigenvalue weighted by Crippen LogP contribution is 2.33. The summed E-state index contributed by atoms with van der Waals surface area (Å²) in [6.45, 7) is 1.87. The van der Waals surface area contributed by atoms with Gasteiger partial charge in [0.25, 0.3) is 5.91 Å². The number of benzene rings is 1. The monoisotopic (exact) mass is 245 g/mol. The second-order valence-electron chi connectivity index (χ2n) is 4.33. The number of nitrogen functional groups attached to an aromatic ring is 1. The number of carbonyl (C=O) groups is 2. The van der Waals surface area contributed by atoms with Gasteiger partial charge in [0.1, 0.15) is 0 Å². The minimum Gasteiger partial charge on any atom is -0.399 e. The van der Waals surface area contributed by atoms with Gasteiger partial charge < -0.3 is 11.5 Å². The van der Waals surface area contributed by atoms with Gasteiger partial charge in [0.15, 0.2) is 0 Å². The zero-order chi connectivity index (χ0) is 13.3.